The van der Waals surface area contributed by atoms with E-state index in [2.05, 4.69) is 20.4 Å². The molecule has 0 aliphatic rings. The molecule has 126 valence electrons. The number of aromatic nitrogens is 1. The van der Waals surface area contributed by atoms with E-state index in [1.807, 2.05) is 13.8 Å². The first kappa shape index (κ1) is 17.5. The van der Waals surface area contributed by atoms with Crippen molar-refractivity contribution < 1.29 is 14.3 Å². The standard InChI is InChI=1S/C18H21N3O3/c1-12(2)11-20-17(22)14-8-9-19-16(10-14)21-15-6-4-13(5-7-15)18(23)24-3/h4-10,12H,11H2,1-3H3,(H,19,21)(H,20,22). The maximum Gasteiger partial charge on any atom is 0.337 e. The molecule has 6 heteroatoms. The quantitative estimate of drug-likeness (QED) is 0.797. The number of methoxy groups -OCH3 is 1. The van der Waals surface area contributed by atoms with Crippen molar-refractivity contribution in [1.29, 1.82) is 0 Å². The van der Waals surface area contributed by atoms with Crippen LogP contribution in [0.1, 0.15) is 34.6 Å². The number of nitrogens with zero attached hydrogens (tertiary/aromatic N) is 1. The van der Waals surface area contributed by atoms with Gasteiger partial charge in [0.05, 0.1) is 12.7 Å². The van der Waals surface area contributed by atoms with Crippen LogP contribution in [0.25, 0.3) is 0 Å². The highest BCUT2D eigenvalue weighted by molar-refractivity contribution is 5.95. The molecule has 0 saturated carbocycles. The number of esters is 1. The smallest absolute Gasteiger partial charge is 0.337 e. The van der Waals surface area contributed by atoms with E-state index >= 15 is 0 Å². The highest BCUT2D eigenvalue weighted by atomic mass is 16.5. The van der Waals surface area contributed by atoms with Gasteiger partial charge in [-0.2, -0.15) is 0 Å². The fourth-order valence-corrected chi connectivity index (χ4v) is 1.99. The Kier molecular flexibility index (Phi) is 5.89. The fraction of sp³-hybridized carbons (Fsp3) is 0.278. The Balaban J connectivity index is 2.06. The molecule has 1 aromatic heterocycles. The Hall–Kier alpha value is -2.89. The lowest BCUT2D eigenvalue weighted by Crippen LogP contribution is -2.27. The van der Waals surface area contributed by atoms with Crippen LogP contribution >= 0.6 is 0 Å². The lowest BCUT2D eigenvalue weighted by Gasteiger charge is -2.10. The Morgan fingerprint density at radius 3 is 2.46 bits per heavy atom. The first-order valence-electron chi connectivity index (χ1n) is 7.69. The molecule has 0 spiro atoms. The lowest BCUT2D eigenvalue weighted by atomic mass is 10.2. The molecule has 2 rings (SSSR count). The highest BCUT2D eigenvalue weighted by Gasteiger charge is 2.08. The highest BCUT2D eigenvalue weighted by Crippen LogP contribution is 2.16. The van der Waals surface area contributed by atoms with Crippen molar-refractivity contribution in [2.24, 2.45) is 5.92 Å². The number of carbonyl (C=O) groups is 2. The zero-order valence-electron chi connectivity index (χ0n) is 14.0. The van der Waals surface area contributed by atoms with Crippen molar-refractivity contribution in [3.8, 4) is 0 Å². The molecule has 1 heterocycles. The van der Waals surface area contributed by atoms with E-state index in [1.165, 1.54) is 7.11 Å². The zero-order chi connectivity index (χ0) is 17.5. The van der Waals surface area contributed by atoms with Crippen LogP contribution in [0.3, 0.4) is 0 Å². The van der Waals surface area contributed by atoms with Crippen LogP contribution in [0.4, 0.5) is 11.5 Å². The molecule has 0 unspecified atom stereocenters. The summed E-state index contributed by atoms with van der Waals surface area (Å²) in [6.07, 6.45) is 1.58. The normalized spacial score (nSPS) is 10.3. The number of hydrogen-bond acceptors (Lipinski definition) is 5. The molecule has 0 bridgehead atoms. The van der Waals surface area contributed by atoms with Crippen LogP contribution < -0.4 is 10.6 Å². The Labute approximate surface area is 141 Å². The van der Waals surface area contributed by atoms with Gasteiger partial charge in [0.25, 0.3) is 5.91 Å². The molecule has 24 heavy (non-hydrogen) atoms. The molecular formula is C18H21N3O3. The van der Waals surface area contributed by atoms with Crippen LogP contribution in [0.5, 0.6) is 0 Å². The summed E-state index contributed by atoms with van der Waals surface area (Å²) >= 11 is 0. The molecule has 1 aromatic carbocycles. The van der Waals surface area contributed by atoms with Crippen LogP contribution in [0.15, 0.2) is 42.6 Å². The number of carbonyl (C=O) groups excluding carboxylic acids is 2. The summed E-state index contributed by atoms with van der Waals surface area (Å²) in [6, 6.07) is 10.2. The number of rotatable bonds is 6. The fourth-order valence-electron chi connectivity index (χ4n) is 1.99. The number of pyridine rings is 1. The molecule has 0 fully saturated rings. The minimum atomic E-state index is -0.386. The van der Waals surface area contributed by atoms with Gasteiger partial charge in [0.2, 0.25) is 0 Å². The molecule has 0 saturated heterocycles. The van der Waals surface area contributed by atoms with Gasteiger partial charge < -0.3 is 15.4 Å². The monoisotopic (exact) mass is 327 g/mol. The van der Waals surface area contributed by atoms with Gasteiger partial charge in [-0.15, -0.1) is 0 Å². The summed E-state index contributed by atoms with van der Waals surface area (Å²) in [5, 5.41) is 5.97. The molecule has 0 aliphatic heterocycles. The van der Waals surface area contributed by atoms with Crippen molar-refractivity contribution in [3.63, 3.8) is 0 Å². The van der Waals surface area contributed by atoms with Crippen molar-refractivity contribution in [2.75, 3.05) is 19.0 Å². The van der Waals surface area contributed by atoms with Gasteiger partial charge >= 0.3 is 5.97 Å². The number of benzene rings is 1. The van der Waals surface area contributed by atoms with Crippen molar-refractivity contribution >= 4 is 23.4 Å². The minimum absolute atomic E-state index is 0.129. The largest absolute Gasteiger partial charge is 0.465 e. The molecule has 2 N–H and O–H groups in total. The summed E-state index contributed by atoms with van der Waals surface area (Å²) in [5.41, 5.74) is 1.77. The summed E-state index contributed by atoms with van der Waals surface area (Å²) in [4.78, 5) is 27.7. The van der Waals surface area contributed by atoms with Gasteiger partial charge in [-0.1, -0.05) is 13.8 Å². The average Bonchev–Trinajstić information content (AvgIpc) is 2.59. The third-order valence-corrected chi connectivity index (χ3v) is 3.27. The first-order valence-corrected chi connectivity index (χ1v) is 7.69. The van der Waals surface area contributed by atoms with Gasteiger partial charge in [-0.3, -0.25) is 4.79 Å². The Morgan fingerprint density at radius 2 is 1.83 bits per heavy atom. The van der Waals surface area contributed by atoms with Gasteiger partial charge in [0.15, 0.2) is 0 Å². The summed E-state index contributed by atoms with van der Waals surface area (Å²) in [6.45, 7) is 4.70. The molecule has 0 radical (unpaired) electrons. The van der Waals surface area contributed by atoms with Gasteiger partial charge in [-0.25, -0.2) is 9.78 Å². The van der Waals surface area contributed by atoms with Gasteiger partial charge in [-0.05, 0) is 42.3 Å². The van der Waals surface area contributed by atoms with E-state index in [0.717, 1.165) is 5.69 Å². The van der Waals surface area contributed by atoms with Gasteiger partial charge in [0.1, 0.15) is 5.82 Å². The predicted molar refractivity (Wildman–Crippen MR) is 92.5 cm³/mol. The number of anilines is 2. The van der Waals surface area contributed by atoms with Crippen molar-refractivity contribution in [1.82, 2.24) is 10.3 Å². The number of ether oxygens (including phenoxy) is 1. The molecule has 2 aromatic rings. The van der Waals surface area contributed by atoms with Crippen LogP contribution in [0, 0.1) is 5.92 Å². The predicted octanol–water partition coefficient (Wildman–Crippen LogP) is 3.00. The topological polar surface area (TPSA) is 80.3 Å². The molecular weight excluding hydrogens is 306 g/mol. The van der Waals surface area contributed by atoms with Crippen LogP contribution in [-0.4, -0.2) is 30.5 Å². The van der Waals surface area contributed by atoms with Crippen LogP contribution in [0.2, 0.25) is 0 Å². The first-order chi connectivity index (χ1) is 11.5. The number of hydrogen-bond donors (Lipinski definition) is 2. The number of amides is 1. The number of nitrogens with one attached hydrogen (secondary N) is 2. The van der Waals surface area contributed by atoms with E-state index in [1.54, 1.807) is 42.6 Å². The van der Waals surface area contributed by atoms with E-state index in [4.69, 9.17) is 0 Å². The van der Waals surface area contributed by atoms with Crippen molar-refractivity contribution in [3.05, 3.63) is 53.7 Å². The van der Waals surface area contributed by atoms with E-state index in [9.17, 15) is 9.59 Å². The Morgan fingerprint density at radius 1 is 1.12 bits per heavy atom. The second-order valence-corrected chi connectivity index (χ2v) is 5.73. The second kappa shape index (κ2) is 8.10. The lowest BCUT2D eigenvalue weighted by molar-refractivity contribution is 0.0600. The minimum Gasteiger partial charge on any atom is -0.465 e. The third-order valence-electron chi connectivity index (χ3n) is 3.27. The molecule has 6 nitrogen and oxygen atoms in total. The zero-order valence-corrected chi connectivity index (χ0v) is 14.0. The summed E-state index contributed by atoms with van der Waals surface area (Å²) < 4.78 is 4.66. The molecule has 0 aliphatic carbocycles. The summed E-state index contributed by atoms with van der Waals surface area (Å²) in [5.74, 6) is 0.429. The van der Waals surface area contributed by atoms with E-state index < -0.39 is 0 Å². The average molecular weight is 327 g/mol. The SMILES string of the molecule is COC(=O)c1ccc(Nc2cc(C(=O)NCC(C)C)ccn2)cc1. The molecule has 1 amide bonds. The molecule has 0 atom stereocenters. The van der Waals surface area contributed by atoms with Gasteiger partial charge in [0, 0.05) is 24.0 Å². The van der Waals surface area contributed by atoms with Crippen molar-refractivity contribution in [2.45, 2.75) is 13.8 Å². The Bertz CT molecular complexity index is 712. The summed E-state index contributed by atoms with van der Waals surface area (Å²) in [7, 11) is 1.34. The second-order valence-electron chi connectivity index (χ2n) is 5.73. The maximum atomic E-state index is 12.1. The maximum absolute atomic E-state index is 12.1. The van der Waals surface area contributed by atoms with Crippen LogP contribution in [-0.2, 0) is 4.74 Å². The third kappa shape index (κ3) is 4.81. The van der Waals surface area contributed by atoms with E-state index in [0.29, 0.717) is 29.4 Å². The van der Waals surface area contributed by atoms with E-state index in [-0.39, 0.29) is 11.9 Å².